The number of aliphatic hydroxyl groups excluding tert-OH is 1. The second-order valence-electron chi connectivity index (χ2n) is 2.65. The van der Waals surface area contributed by atoms with Gasteiger partial charge in [-0.2, -0.15) is 0 Å². The molecule has 1 amide bonds. The van der Waals surface area contributed by atoms with E-state index in [0.29, 0.717) is 0 Å². The van der Waals surface area contributed by atoms with Crippen molar-refractivity contribution in [3.63, 3.8) is 0 Å². The Kier molecular flexibility index (Phi) is 3.39. The molecule has 3 N–H and O–H groups in total. The molecule has 0 aromatic heterocycles. The number of hydrogen-bond acceptors (Lipinski definition) is 2. The van der Waals surface area contributed by atoms with Gasteiger partial charge in [-0.05, 0) is 6.08 Å². The van der Waals surface area contributed by atoms with Crippen LogP contribution in [0.15, 0.2) is 21.7 Å². The van der Waals surface area contributed by atoms with Crippen molar-refractivity contribution >= 4 is 52.3 Å². The summed E-state index contributed by atoms with van der Waals surface area (Å²) in [5.74, 6) is -0.856. The summed E-state index contributed by atoms with van der Waals surface area (Å²) < 4.78 is -1.84. The molecule has 1 rings (SSSR count). The molecular weight excluding hydrogens is 272 g/mol. The Labute approximate surface area is 100 Å². The molecule has 0 saturated carbocycles. The Hall–Kier alpha value is 0.0700. The Balaban J connectivity index is 3.27. The Bertz CT molecular complexity index is 348. The van der Waals surface area contributed by atoms with Gasteiger partial charge in [0.05, 0.1) is 15.6 Å². The summed E-state index contributed by atoms with van der Waals surface area (Å²) in [7, 11) is 0. The zero-order chi connectivity index (χ0) is 11.1. The number of amides is 1. The van der Waals surface area contributed by atoms with E-state index in [1.807, 2.05) is 0 Å². The highest BCUT2D eigenvalue weighted by atomic mass is 35.5. The highest BCUT2D eigenvalue weighted by Crippen LogP contribution is 2.45. The van der Waals surface area contributed by atoms with Gasteiger partial charge in [-0.15, -0.1) is 0 Å². The van der Waals surface area contributed by atoms with Gasteiger partial charge < -0.3 is 10.8 Å². The zero-order valence-electron chi connectivity index (χ0n) is 6.60. The summed E-state index contributed by atoms with van der Waals surface area (Å²) in [4.78, 5) is 10.9. The lowest BCUT2D eigenvalue weighted by atomic mass is 10.00. The average molecular weight is 277 g/mol. The number of aliphatic hydroxyl groups is 1. The fourth-order valence-electron chi connectivity index (χ4n) is 0.959. The van der Waals surface area contributed by atoms with Crippen LogP contribution in [0.5, 0.6) is 0 Å². The smallest absolute Gasteiger partial charge is 0.247 e. The highest BCUT2D eigenvalue weighted by Gasteiger charge is 2.44. The van der Waals surface area contributed by atoms with Crippen LogP contribution >= 0.6 is 46.4 Å². The fourth-order valence-corrected chi connectivity index (χ4v) is 1.92. The number of rotatable bonds is 1. The van der Waals surface area contributed by atoms with Gasteiger partial charge in [0.1, 0.15) is 6.10 Å². The molecule has 3 nitrogen and oxygen atoms in total. The van der Waals surface area contributed by atoms with Crippen molar-refractivity contribution in [2.24, 2.45) is 5.73 Å². The summed E-state index contributed by atoms with van der Waals surface area (Å²) >= 11 is 22.7. The minimum atomic E-state index is -1.84. The average Bonchev–Trinajstić information content (AvgIpc) is 2.08. The van der Waals surface area contributed by atoms with Crippen LogP contribution in [0.1, 0.15) is 0 Å². The van der Waals surface area contributed by atoms with E-state index < -0.39 is 16.3 Å². The standard InChI is InChI=1S/C7H5Cl4NO2/c8-3-1-2(6(12)14)5(13)7(10,11)4(3)9/h1,5,13H,(H2,12,14). The van der Waals surface area contributed by atoms with Crippen LogP contribution in [0.4, 0.5) is 0 Å². The number of carbonyl (C=O) groups is 1. The third-order valence-corrected chi connectivity index (χ3v) is 3.59. The molecule has 7 heteroatoms. The monoisotopic (exact) mass is 275 g/mol. The molecular formula is C7H5Cl4NO2. The first-order valence-corrected chi connectivity index (χ1v) is 4.92. The molecule has 1 unspecified atom stereocenters. The summed E-state index contributed by atoms with van der Waals surface area (Å²) in [6.07, 6.45) is -0.349. The van der Waals surface area contributed by atoms with Gasteiger partial charge in [0.25, 0.3) is 0 Å². The molecule has 0 aliphatic heterocycles. The quantitative estimate of drug-likeness (QED) is 0.715. The van der Waals surface area contributed by atoms with Crippen molar-refractivity contribution in [2.45, 2.75) is 10.4 Å². The fraction of sp³-hybridized carbons (Fsp3) is 0.286. The van der Waals surface area contributed by atoms with Gasteiger partial charge in [-0.1, -0.05) is 46.4 Å². The van der Waals surface area contributed by atoms with Gasteiger partial charge >= 0.3 is 0 Å². The third kappa shape index (κ3) is 1.88. The van der Waals surface area contributed by atoms with Gasteiger partial charge in [0.2, 0.25) is 5.91 Å². The van der Waals surface area contributed by atoms with Crippen molar-refractivity contribution in [1.29, 1.82) is 0 Å². The second-order valence-corrected chi connectivity index (χ2v) is 4.82. The lowest BCUT2D eigenvalue weighted by Gasteiger charge is -2.29. The van der Waals surface area contributed by atoms with Gasteiger partial charge in [0.15, 0.2) is 4.33 Å². The number of halogens is 4. The predicted octanol–water partition coefficient (Wildman–Crippen LogP) is 1.64. The topological polar surface area (TPSA) is 63.3 Å². The molecule has 0 radical (unpaired) electrons. The third-order valence-electron chi connectivity index (χ3n) is 1.71. The van der Waals surface area contributed by atoms with E-state index in [-0.39, 0.29) is 15.6 Å². The van der Waals surface area contributed by atoms with Crippen LogP contribution in [0, 0.1) is 0 Å². The molecule has 0 aromatic carbocycles. The first-order valence-electron chi connectivity index (χ1n) is 3.41. The molecule has 1 atom stereocenters. The summed E-state index contributed by atoms with van der Waals surface area (Å²) in [5, 5.41) is 9.39. The van der Waals surface area contributed by atoms with Crippen molar-refractivity contribution in [2.75, 3.05) is 0 Å². The van der Waals surface area contributed by atoms with Crippen molar-refractivity contribution in [3.8, 4) is 0 Å². The van der Waals surface area contributed by atoms with Crippen molar-refractivity contribution in [1.82, 2.24) is 0 Å². The first-order chi connectivity index (χ1) is 6.28. The number of alkyl halides is 2. The Morgan fingerprint density at radius 3 is 2.43 bits per heavy atom. The summed E-state index contributed by atoms with van der Waals surface area (Å²) in [5.41, 5.74) is 4.80. The largest absolute Gasteiger partial charge is 0.385 e. The second kappa shape index (κ2) is 3.91. The zero-order valence-corrected chi connectivity index (χ0v) is 9.62. The Morgan fingerprint density at radius 2 is 2.00 bits per heavy atom. The molecule has 0 fully saturated rings. The van der Waals surface area contributed by atoms with Crippen molar-refractivity contribution in [3.05, 3.63) is 21.7 Å². The molecule has 0 spiro atoms. The van der Waals surface area contributed by atoms with Gasteiger partial charge in [-0.3, -0.25) is 4.79 Å². The maximum atomic E-state index is 10.9. The molecule has 0 heterocycles. The van der Waals surface area contributed by atoms with Crippen LogP contribution in [0.3, 0.4) is 0 Å². The first kappa shape index (κ1) is 12.1. The lowest BCUT2D eigenvalue weighted by Crippen LogP contribution is -2.40. The van der Waals surface area contributed by atoms with E-state index in [0.717, 1.165) is 6.08 Å². The number of nitrogens with two attached hydrogens (primary N) is 1. The Morgan fingerprint density at radius 1 is 1.50 bits per heavy atom. The maximum absolute atomic E-state index is 10.9. The molecule has 78 valence electrons. The van der Waals surface area contributed by atoms with E-state index in [4.69, 9.17) is 52.1 Å². The van der Waals surface area contributed by atoms with Crippen LogP contribution in [0.2, 0.25) is 0 Å². The SMILES string of the molecule is NC(=O)C1=CC(Cl)=C(Cl)C(Cl)(Cl)C1O. The molecule has 0 saturated heterocycles. The molecule has 14 heavy (non-hydrogen) atoms. The van der Waals surface area contributed by atoms with E-state index in [1.54, 1.807) is 0 Å². The minimum Gasteiger partial charge on any atom is -0.385 e. The summed E-state index contributed by atoms with van der Waals surface area (Å²) in [6.45, 7) is 0. The van der Waals surface area contributed by atoms with Crippen LogP contribution in [0.25, 0.3) is 0 Å². The molecule has 0 bridgehead atoms. The van der Waals surface area contributed by atoms with E-state index in [2.05, 4.69) is 0 Å². The lowest BCUT2D eigenvalue weighted by molar-refractivity contribution is -0.115. The van der Waals surface area contributed by atoms with E-state index >= 15 is 0 Å². The van der Waals surface area contributed by atoms with Crippen LogP contribution in [-0.2, 0) is 4.79 Å². The highest BCUT2D eigenvalue weighted by molar-refractivity contribution is 6.59. The van der Waals surface area contributed by atoms with Crippen molar-refractivity contribution < 1.29 is 9.90 Å². The number of carbonyl (C=O) groups excluding carboxylic acids is 1. The normalized spacial score (nSPS) is 26.1. The molecule has 0 aromatic rings. The number of primary amides is 1. The van der Waals surface area contributed by atoms with Crippen LogP contribution in [-0.4, -0.2) is 21.5 Å². The molecule has 1 aliphatic rings. The van der Waals surface area contributed by atoms with E-state index in [1.165, 1.54) is 0 Å². The number of allylic oxidation sites excluding steroid dienone is 2. The van der Waals surface area contributed by atoms with Crippen LogP contribution < -0.4 is 5.73 Å². The molecule has 1 aliphatic carbocycles. The maximum Gasteiger partial charge on any atom is 0.247 e. The summed E-state index contributed by atoms with van der Waals surface area (Å²) in [6, 6.07) is 0. The minimum absolute atomic E-state index is 0.0178. The van der Waals surface area contributed by atoms with Gasteiger partial charge in [-0.25, -0.2) is 0 Å². The van der Waals surface area contributed by atoms with E-state index in [9.17, 15) is 9.90 Å². The van der Waals surface area contributed by atoms with Gasteiger partial charge in [0, 0.05) is 0 Å². The predicted molar refractivity (Wildman–Crippen MR) is 56.5 cm³/mol. The number of hydrogen-bond donors (Lipinski definition) is 2.